The molecule has 0 saturated carbocycles. The van der Waals surface area contributed by atoms with Gasteiger partial charge in [-0.2, -0.15) is 0 Å². The van der Waals surface area contributed by atoms with Gasteiger partial charge in [-0.3, -0.25) is 0 Å². The van der Waals surface area contributed by atoms with Gasteiger partial charge in [0.1, 0.15) is 0 Å². The van der Waals surface area contributed by atoms with Crippen LogP contribution in [0.4, 0.5) is 0 Å². The fraction of sp³-hybridized carbons (Fsp3) is 1.00. The Morgan fingerprint density at radius 3 is 1.69 bits per heavy atom. The van der Waals surface area contributed by atoms with Crippen LogP contribution in [0.15, 0.2) is 0 Å². The first-order chi connectivity index (χ1) is 7.79. The summed E-state index contributed by atoms with van der Waals surface area (Å²) in [5.41, 5.74) is 0. The third kappa shape index (κ3) is 8.18. The Kier molecular flexibility index (Phi) is 13.3. The lowest BCUT2D eigenvalue weighted by molar-refractivity contribution is 0.900. The highest BCUT2D eigenvalue weighted by atomic mass is 28.4. The Balaban J connectivity index is 4.15. The summed E-state index contributed by atoms with van der Waals surface area (Å²) in [4.78, 5) is 0. The van der Waals surface area contributed by atoms with Crippen molar-refractivity contribution in [3.63, 3.8) is 0 Å². The molecule has 0 N–H and O–H groups in total. The molecule has 0 aromatic carbocycles. The van der Waals surface area contributed by atoms with Crippen molar-refractivity contribution in [2.24, 2.45) is 0 Å². The van der Waals surface area contributed by atoms with Gasteiger partial charge in [0.2, 0.25) is 0 Å². The van der Waals surface area contributed by atoms with Gasteiger partial charge in [-0.05, 0) is 12.1 Å². The highest BCUT2D eigenvalue weighted by molar-refractivity contribution is 6.75. The molecule has 0 heterocycles. The summed E-state index contributed by atoms with van der Waals surface area (Å²) in [7, 11) is 2.92. The first-order valence-corrected chi connectivity index (χ1v) is 15.8. The molecular weight excluding hydrogens is 275 g/mol. The lowest BCUT2D eigenvalue weighted by Crippen LogP contribution is -2.44. The van der Waals surface area contributed by atoms with Crippen LogP contribution in [0.25, 0.3) is 0 Å². The fourth-order valence-corrected chi connectivity index (χ4v) is 16.5. The normalized spacial score (nSPS) is 13.5. The molecule has 0 atom stereocenters. The van der Waals surface area contributed by atoms with Crippen LogP contribution in [-0.4, -0.2) is 52.7 Å². The van der Waals surface area contributed by atoms with Crippen molar-refractivity contribution in [1.82, 2.24) is 3.90 Å². The first-order valence-electron chi connectivity index (χ1n) is 7.54. The third-order valence-corrected chi connectivity index (χ3v) is 20.9. The van der Waals surface area contributed by atoms with Crippen LogP contribution in [0.2, 0.25) is 36.3 Å². The fourth-order valence-electron chi connectivity index (χ4n) is 2.38. The Morgan fingerprint density at radius 2 is 1.38 bits per heavy atom. The zero-order valence-electron chi connectivity index (χ0n) is 12.1. The third-order valence-electron chi connectivity index (χ3n) is 3.36. The van der Waals surface area contributed by atoms with E-state index in [4.69, 9.17) is 0 Å². The van der Waals surface area contributed by atoms with Gasteiger partial charge in [-0.25, -0.2) is 0 Å². The van der Waals surface area contributed by atoms with E-state index in [1.165, 1.54) is 33.3 Å². The average Bonchev–Trinajstić information content (AvgIpc) is 2.29. The maximum absolute atomic E-state index is 3.22. The summed E-state index contributed by atoms with van der Waals surface area (Å²) in [6, 6.07) is 9.70. The Morgan fingerprint density at radius 1 is 0.938 bits per heavy atom. The molecule has 0 saturated heterocycles. The van der Waals surface area contributed by atoms with Crippen LogP contribution < -0.4 is 0 Å². The quantitative estimate of drug-likeness (QED) is 0.461. The number of nitrogens with zero attached hydrogens (tertiary/aromatic N) is 1. The van der Waals surface area contributed by atoms with Crippen molar-refractivity contribution in [1.29, 1.82) is 0 Å². The molecule has 0 aromatic rings. The van der Waals surface area contributed by atoms with Crippen LogP contribution >= 0.6 is 0 Å². The van der Waals surface area contributed by atoms with Crippen molar-refractivity contribution >= 4 is 48.8 Å². The number of hydrogen-bond acceptors (Lipinski definition) is 1. The minimum Gasteiger partial charge on any atom is -0.380 e. The molecule has 0 amide bonds. The molecule has 0 aliphatic carbocycles. The standard InChI is InChI=1S/C10H33NSi5/c1-3-9-16(10-4-2)11(14-7-5-12)15-8-6-13/h16H,3-10,14-15H2,1-2,12-13H3. The molecule has 0 fully saturated rings. The highest BCUT2D eigenvalue weighted by Gasteiger charge is 2.17. The zero-order chi connectivity index (χ0) is 12.2. The van der Waals surface area contributed by atoms with E-state index >= 15 is 0 Å². The van der Waals surface area contributed by atoms with E-state index in [0.29, 0.717) is 0 Å². The summed E-state index contributed by atoms with van der Waals surface area (Å²) in [6.45, 7) is 4.80. The molecular formula is C10H33NSi5. The molecule has 0 radical (unpaired) electrons. The summed E-state index contributed by atoms with van der Waals surface area (Å²) in [5.74, 6) is 0. The Hall–Kier alpha value is 1.04. The first kappa shape index (κ1) is 17.0. The minimum atomic E-state index is -0.424. The Bertz CT molecular complexity index is 133. The molecule has 1 nitrogen and oxygen atoms in total. The maximum atomic E-state index is 3.22. The van der Waals surface area contributed by atoms with Crippen LogP contribution in [-0.2, 0) is 0 Å². The van der Waals surface area contributed by atoms with Crippen molar-refractivity contribution in [2.75, 3.05) is 0 Å². The zero-order valence-corrected chi connectivity index (χ0v) is 20.1. The van der Waals surface area contributed by atoms with Gasteiger partial charge in [0.15, 0.2) is 0 Å². The molecule has 0 aromatic heterocycles. The average molecular weight is 308 g/mol. The summed E-state index contributed by atoms with van der Waals surface area (Å²) >= 11 is 0. The van der Waals surface area contributed by atoms with E-state index in [1.807, 2.05) is 0 Å². The van der Waals surface area contributed by atoms with E-state index in [0.717, 1.165) is 0 Å². The minimum absolute atomic E-state index is 0.224. The highest BCUT2D eigenvalue weighted by Crippen LogP contribution is 2.11. The van der Waals surface area contributed by atoms with Crippen LogP contribution in [0.5, 0.6) is 0 Å². The van der Waals surface area contributed by atoms with Crippen molar-refractivity contribution in [2.45, 2.75) is 63.0 Å². The largest absolute Gasteiger partial charge is 0.380 e. The lowest BCUT2D eigenvalue weighted by Gasteiger charge is -2.31. The van der Waals surface area contributed by atoms with E-state index < -0.39 is 8.96 Å². The van der Waals surface area contributed by atoms with E-state index in [1.54, 1.807) is 36.3 Å². The van der Waals surface area contributed by atoms with Crippen molar-refractivity contribution in [3.8, 4) is 0 Å². The molecule has 16 heavy (non-hydrogen) atoms. The predicted octanol–water partition coefficient (Wildman–Crippen LogP) is -0.596. The number of rotatable bonds is 11. The van der Waals surface area contributed by atoms with Gasteiger partial charge >= 0.3 is 0 Å². The molecule has 0 spiro atoms. The second-order valence-electron chi connectivity index (χ2n) is 4.97. The van der Waals surface area contributed by atoms with Crippen LogP contribution in [0.1, 0.15) is 26.7 Å². The topological polar surface area (TPSA) is 3.24 Å². The number of hydrogen-bond donors (Lipinski definition) is 0. The molecule has 98 valence electrons. The molecule has 0 unspecified atom stereocenters. The molecule has 0 aliphatic heterocycles. The summed E-state index contributed by atoms with van der Waals surface area (Å²) in [5, 5.41) is 0. The van der Waals surface area contributed by atoms with Gasteiger partial charge < -0.3 is 3.90 Å². The molecule has 0 rings (SSSR count). The van der Waals surface area contributed by atoms with Crippen molar-refractivity contribution in [3.05, 3.63) is 0 Å². The van der Waals surface area contributed by atoms with Crippen molar-refractivity contribution < 1.29 is 0 Å². The second kappa shape index (κ2) is 12.5. The van der Waals surface area contributed by atoms with Gasteiger partial charge in [0.05, 0.1) is 28.3 Å². The lowest BCUT2D eigenvalue weighted by atomic mass is 10.6. The smallest absolute Gasteiger partial charge is 0.0971 e. The second-order valence-corrected chi connectivity index (χ2v) is 16.5. The van der Waals surface area contributed by atoms with Gasteiger partial charge in [0.25, 0.3) is 0 Å². The van der Waals surface area contributed by atoms with E-state index in [9.17, 15) is 0 Å². The summed E-state index contributed by atoms with van der Waals surface area (Å²) in [6.07, 6.45) is 2.91. The van der Waals surface area contributed by atoms with Gasteiger partial charge in [0, 0.05) is 20.5 Å². The monoisotopic (exact) mass is 307 g/mol. The van der Waals surface area contributed by atoms with Crippen LogP contribution in [0.3, 0.4) is 0 Å². The molecule has 0 bridgehead atoms. The van der Waals surface area contributed by atoms with Crippen LogP contribution in [0, 0.1) is 0 Å². The van der Waals surface area contributed by atoms with E-state index in [-0.39, 0.29) is 19.4 Å². The summed E-state index contributed by atoms with van der Waals surface area (Å²) < 4.78 is 3.22. The van der Waals surface area contributed by atoms with E-state index in [2.05, 4.69) is 17.7 Å². The van der Waals surface area contributed by atoms with Gasteiger partial charge in [-0.15, -0.1) is 0 Å². The predicted molar refractivity (Wildman–Crippen MR) is 95.4 cm³/mol. The SMILES string of the molecule is CCC[SiH](CCC)N([SiH2]CC[SiH3])[SiH2]CC[SiH3]. The molecule has 6 heteroatoms. The van der Waals surface area contributed by atoms with Gasteiger partial charge in [-0.1, -0.05) is 50.9 Å². The Labute approximate surface area is 115 Å². The maximum Gasteiger partial charge on any atom is 0.0971 e. The molecule has 0 aliphatic rings.